The first kappa shape index (κ1) is 17.0. The third-order valence-electron chi connectivity index (χ3n) is 3.17. The van der Waals surface area contributed by atoms with Crippen LogP contribution in [0.15, 0.2) is 28.7 Å². The van der Waals surface area contributed by atoms with Gasteiger partial charge >= 0.3 is 6.03 Å². The minimum atomic E-state index is -0.107. The highest BCUT2D eigenvalue weighted by Crippen LogP contribution is 2.11. The highest BCUT2D eigenvalue weighted by Gasteiger charge is 2.02. The molecule has 0 aromatic heterocycles. The number of halogens is 1. The molecule has 0 aliphatic carbocycles. The monoisotopic (exact) mass is 341 g/mol. The molecule has 112 valence electrons. The summed E-state index contributed by atoms with van der Waals surface area (Å²) >= 11 is 3.41. The lowest BCUT2D eigenvalue weighted by molar-refractivity contribution is 0.239. The zero-order valence-corrected chi connectivity index (χ0v) is 13.9. The van der Waals surface area contributed by atoms with Gasteiger partial charge in [-0.15, -0.1) is 0 Å². The fourth-order valence-corrected chi connectivity index (χ4v) is 2.38. The van der Waals surface area contributed by atoms with Crippen molar-refractivity contribution in [3.63, 3.8) is 0 Å². The average Bonchev–Trinajstić information content (AvgIpc) is 2.45. The number of carbonyl (C=O) groups excluding carboxylic acids is 1. The van der Waals surface area contributed by atoms with Crippen LogP contribution >= 0.6 is 15.9 Å². The minimum absolute atomic E-state index is 0.107. The summed E-state index contributed by atoms with van der Waals surface area (Å²) in [6.07, 6.45) is 0.978. The van der Waals surface area contributed by atoms with E-state index in [4.69, 9.17) is 0 Å². The summed E-state index contributed by atoms with van der Waals surface area (Å²) in [5, 5.41) is 5.74. The van der Waals surface area contributed by atoms with Gasteiger partial charge in [-0.3, -0.25) is 0 Å². The van der Waals surface area contributed by atoms with Crippen molar-refractivity contribution < 1.29 is 4.79 Å². The SMILES string of the molecule is CCN(CC)CCCNC(=O)NCc1cccc(Br)c1. The smallest absolute Gasteiger partial charge is 0.315 e. The van der Waals surface area contributed by atoms with Gasteiger partial charge in [-0.2, -0.15) is 0 Å². The van der Waals surface area contributed by atoms with Gasteiger partial charge in [0.25, 0.3) is 0 Å². The summed E-state index contributed by atoms with van der Waals surface area (Å²) in [7, 11) is 0. The second kappa shape index (κ2) is 9.77. The number of nitrogens with zero attached hydrogens (tertiary/aromatic N) is 1. The minimum Gasteiger partial charge on any atom is -0.338 e. The zero-order chi connectivity index (χ0) is 14.8. The maximum Gasteiger partial charge on any atom is 0.315 e. The normalized spacial score (nSPS) is 10.6. The molecule has 1 rings (SSSR count). The van der Waals surface area contributed by atoms with Crippen LogP contribution < -0.4 is 10.6 Å². The fourth-order valence-electron chi connectivity index (χ4n) is 1.94. The summed E-state index contributed by atoms with van der Waals surface area (Å²) in [5.74, 6) is 0. The lowest BCUT2D eigenvalue weighted by Gasteiger charge is -2.17. The molecule has 0 bridgehead atoms. The van der Waals surface area contributed by atoms with Gasteiger partial charge in [0.1, 0.15) is 0 Å². The number of urea groups is 1. The van der Waals surface area contributed by atoms with Crippen LogP contribution in [0.25, 0.3) is 0 Å². The molecule has 0 spiro atoms. The largest absolute Gasteiger partial charge is 0.338 e. The molecule has 0 saturated heterocycles. The van der Waals surface area contributed by atoms with Gasteiger partial charge < -0.3 is 15.5 Å². The van der Waals surface area contributed by atoms with Gasteiger partial charge in [-0.1, -0.05) is 41.9 Å². The molecule has 0 heterocycles. The van der Waals surface area contributed by atoms with Crippen LogP contribution in [-0.2, 0) is 6.54 Å². The molecule has 0 atom stereocenters. The van der Waals surface area contributed by atoms with Crippen molar-refractivity contribution in [3.05, 3.63) is 34.3 Å². The number of benzene rings is 1. The van der Waals surface area contributed by atoms with Crippen LogP contribution in [0.1, 0.15) is 25.8 Å². The molecule has 0 aliphatic rings. The maximum absolute atomic E-state index is 11.6. The predicted octanol–water partition coefficient (Wildman–Crippen LogP) is 2.98. The predicted molar refractivity (Wildman–Crippen MR) is 86.8 cm³/mol. The lowest BCUT2D eigenvalue weighted by atomic mass is 10.2. The number of rotatable bonds is 8. The Kier molecular flexibility index (Phi) is 8.30. The Balaban J connectivity index is 2.14. The van der Waals surface area contributed by atoms with E-state index >= 15 is 0 Å². The molecular formula is C15H24BrN3O. The molecule has 2 N–H and O–H groups in total. The molecular weight excluding hydrogens is 318 g/mol. The molecule has 0 radical (unpaired) electrons. The topological polar surface area (TPSA) is 44.4 Å². The van der Waals surface area contributed by atoms with E-state index in [1.807, 2.05) is 24.3 Å². The lowest BCUT2D eigenvalue weighted by Crippen LogP contribution is -2.36. The third kappa shape index (κ3) is 6.91. The van der Waals surface area contributed by atoms with Crippen molar-refractivity contribution >= 4 is 22.0 Å². The van der Waals surface area contributed by atoms with E-state index in [1.54, 1.807) is 0 Å². The summed E-state index contributed by atoms with van der Waals surface area (Å²) in [6.45, 7) is 8.71. The highest BCUT2D eigenvalue weighted by atomic mass is 79.9. The van der Waals surface area contributed by atoms with Gasteiger partial charge in [0.05, 0.1) is 0 Å². The Bertz CT molecular complexity index is 408. The Morgan fingerprint density at radius 1 is 1.25 bits per heavy atom. The Morgan fingerprint density at radius 3 is 2.65 bits per heavy atom. The Labute approximate surface area is 130 Å². The molecule has 5 heteroatoms. The van der Waals surface area contributed by atoms with Crippen molar-refractivity contribution in [2.45, 2.75) is 26.8 Å². The summed E-state index contributed by atoms with van der Waals surface area (Å²) in [6, 6.07) is 7.82. The van der Waals surface area contributed by atoms with Crippen molar-refractivity contribution in [1.29, 1.82) is 0 Å². The first-order valence-electron chi connectivity index (χ1n) is 7.14. The quantitative estimate of drug-likeness (QED) is 0.714. The second-order valence-electron chi connectivity index (χ2n) is 4.62. The van der Waals surface area contributed by atoms with Crippen LogP contribution in [-0.4, -0.2) is 37.1 Å². The number of hydrogen-bond acceptors (Lipinski definition) is 2. The molecule has 0 saturated carbocycles. The van der Waals surface area contributed by atoms with Gasteiger partial charge in [0, 0.05) is 17.6 Å². The Morgan fingerprint density at radius 2 is 2.00 bits per heavy atom. The molecule has 1 aromatic rings. The molecule has 20 heavy (non-hydrogen) atoms. The van der Waals surface area contributed by atoms with Crippen molar-refractivity contribution in [2.24, 2.45) is 0 Å². The zero-order valence-electron chi connectivity index (χ0n) is 12.3. The van der Waals surface area contributed by atoms with E-state index < -0.39 is 0 Å². The van der Waals surface area contributed by atoms with Gasteiger partial charge in [-0.05, 0) is 43.8 Å². The molecule has 4 nitrogen and oxygen atoms in total. The van der Waals surface area contributed by atoms with Crippen LogP contribution in [0.4, 0.5) is 4.79 Å². The molecule has 0 aliphatic heterocycles. The standard InChI is InChI=1S/C15H24BrN3O/c1-3-19(4-2)10-6-9-17-15(20)18-12-13-7-5-8-14(16)11-13/h5,7-8,11H,3-4,6,9-10,12H2,1-2H3,(H2,17,18,20). The summed E-state index contributed by atoms with van der Waals surface area (Å²) in [4.78, 5) is 14.0. The van der Waals surface area contributed by atoms with Gasteiger partial charge in [0.2, 0.25) is 0 Å². The number of carbonyl (C=O) groups is 1. The van der Waals surface area contributed by atoms with Crippen LogP contribution in [0.5, 0.6) is 0 Å². The highest BCUT2D eigenvalue weighted by molar-refractivity contribution is 9.10. The number of hydrogen-bond donors (Lipinski definition) is 2. The average molecular weight is 342 g/mol. The van der Waals surface area contributed by atoms with E-state index in [-0.39, 0.29) is 6.03 Å². The fraction of sp³-hybridized carbons (Fsp3) is 0.533. The van der Waals surface area contributed by atoms with Crippen molar-refractivity contribution in [3.8, 4) is 0 Å². The van der Waals surface area contributed by atoms with E-state index in [0.29, 0.717) is 13.1 Å². The van der Waals surface area contributed by atoms with E-state index in [0.717, 1.165) is 36.1 Å². The maximum atomic E-state index is 11.6. The Hall–Kier alpha value is -1.07. The van der Waals surface area contributed by atoms with Crippen LogP contribution in [0, 0.1) is 0 Å². The van der Waals surface area contributed by atoms with Gasteiger partial charge in [-0.25, -0.2) is 4.79 Å². The molecule has 1 aromatic carbocycles. The third-order valence-corrected chi connectivity index (χ3v) is 3.67. The number of amides is 2. The summed E-state index contributed by atoms with van der Waals surface area (Å²) < 4.78 is 1.02. The summed E-state index contributed by atoms with van der Waals surface area (Å²) in [5.41, 5.74) is 1.08. The van der Waals surface area contributed by atoms with Crippen LogP contribution in [0.2, 0.25) is 0 Å². The van der Waals surface area contributed by atoms with E-state index in [9.17, 15) is 4.79 Å². The number of nitrogens with one attached hydrogen (secondary N) is 2. The first-order chi connectivity index (χ1) is 9.65. The van der Waals surface area contributed by atoms with Gasteiger partial charge in [0.15, 0.2) is 0 Å². The van der Waals surface area contributed by atoms with E-state index in [1.165, 1.54) is 0 Å². The van der Waals surface area contributed by atoms with Crippen molar-refractivity contribution in [2.75, 3.05) is 26.2 Å². The molecule has 2 amide bonds. The van der Waals surface area contributed by atoms with Crippen molar-refractivity contribution in [1.82, 2.24) is 15.5 Å². The van der Waals surface area contributed by atoms with Crippen LogP contribution in [0.3, 0.4) is 0 Å². The van der Waals surface area contributed by atoms with E-state index in [2.05, 4.69) is 45.3 Å². The second-order valence-corrected chi connectivity index (χ2v) is 5.54. The molecule has 0 fully saturated rings. The molecule has 0 unspecified atom stereocenters. The first-order valence-corrected chi connectivity index (χ1v) is 7.93.